The van der Waals surface area contributed by atoms with Crippen LogP contribution in [0.15, 0.2) is 79.0 Å². The minimum absolute atomic E-state index is 0.0364. The van der Waals surface area contributed by atoms with E-state index in [4.69, 9.17) is 9.47 Å². The van der Waals surface area contributed by atoms with Crippen LogP contribution >= 0.6 is 0 Å². The molecule has 3 N–H and O–H groups in total. The molecule has 208 valence electrons. The Morgan fingerprint density at radius 2 is 1.60 bits per heavy atom. The third kappa shape index (κ3) is 5.73. The molecule has 0 saturated carbocycles. The van der Waals surface area contributed by atoms with Crippen LogP contribution in [0.5, 0.6) is 0 Å². The van der Waals surface area contributed by atoms with E-state index in [2.05, 4.69) is 29.6 Å². The van der Waals surface area contributed by atoms with Crippen molar-refractivity contribution in [1.29, 1.82) is 0 Å². The molecule has 0 saturated heterocycles. The summed E-state index contributed by atoms with van der Waals surface area (Å²) in [5.41, 5.74) is 5.09. The van der Waals surface area contributed by atoms with E-state index in [9.17, 15) is 19.8 Å². The molecule has 0 fully saturated rings. The maximum atomic E-state index is 12.5. The quantitative estimate of drug-likeness (QED) is 0.274. The summed E-state index contributed by atoms with van der Waals surface area (Å²) in [7, 11) is 0. The molecule has 0 aliphatic heterocycles. The van der Waals surface area contributed by atoms with Crippen LogP contribution in [-0.2, 0) is 9.47 Å². The predicted octanol–water partition coefficient (Wildman–Crippen LogP) is 5.75. The minimum atomic E-state index is -1.17. The van der Waals surface area contributed by atoms with Gasteiger partial charge in [0.2, 0.25) is 0 Å². The van der Waals surface area contributed by atoms with Crippen molar-refractivity contribution in [1.82, 2.24) is 9.88 Å². The molecule has 2 unspecified atom stereocenters. The summed E-state index contributed by atoms with van der Waals surface area (Å²) in [6, 6.07) is 23.1. The molecule has 2 atom stereocenters. The number of fused-ring (bicyclic) bond motifs is 4. The van der Waals surface area contributed by atoms with Gasteiger partial charge < -0.3 is 25.0 Å². The van der Waals surface area contributed by atoms with E-state index in [1.165, 1.54) is 4.57 Å². The van der Waals surface area contributed by atoms with Gasteiger partial charge in [-0.2, -0.15) is 0 Å². The highest BCUT2D eigenvalue weighted by atomic mass is 16.6. The van der Waals surface area contributed by atoms with Crippen LogP contribution < -0.4 is 5.32 Å². The van der Waals surface area contributed by atoms with Crippen molar-refractivity contribution in [3.05, 3.63) is 95.7 Å². The zero-order chi connectivity index (χ0) is 28.4. The van der Waals surface area contributed by atoms with E-state index in [1.54, 1.807) is 51.2 Å². The molecule has 0 spiro atoms. The number of ether oxygens (including phenoxy) is 2. The molecule has 1 heterocycles. The number of nitrogens with one attached hydrogen (secondary N) is 1. The molecule has 3 aromatic carbocycles. The summed E-state index contributed by atoms with van der Waals surface area (Å²) in [6.45, 7) is 5.73. The van der Waals surface area contributed by atoms with Crippen LogP contribution in [0.1, 0.15) is 55.9 Å². The molecule has 40 heavy (non-hydrogen) atoms. The number of aliphatic hydroxyl groups excluding tert-OH is 2. The Kier molecular flexibility index (Phi) is 7.65. The fourth-order valence-corrected chi connectivity index (χ4v) is 5.17. The first-order valence-corrected chi connectivity index (χ1v) is 13.4. The lowest BCUT2D eigenvalue weighted by Gasteiger charge is -2.20. The van der Waals surface area contributed by atoms with Gasteiger partial charge in [-0.1, -0.05) is 54.6 Å². The second-order valence-electron chi connectivity index (χ2n) is 11.0. The van der Waals surface area contributed by atoms with Crippen molar-refractivity contribution in [2.75, 3.05) is 13.2 Å². The van der Waals surface area contributed by atoms with Crippen LogP contribution in [0.25, 0.3) is 22.0 Å². The molecule has 1 aliphatic rings. The first-order valence-electron chi connectivity index (χ1n) is 13.4. The van der Waals surface area contributed by atoms with Crippen LogP contribution in [0.4, 0.5) is 9.59 Å². The van der Waals surface area contributed by atoms with Crippen molar-refractivity contribution >= 4 is 23.1 Å². The van der Waals surface area contributed by atoms with Gasteiger partial charge in [0.1, 0.15) is 18.3 Å². The van der Waals surface area contributed by atoms with Gasteiger partial charge in [-0.15, -0.1) is 0 Å². The Balaban J connectivity index is 1.13. The van der Waals surface area contributed by atoms with Crippen molar-refractivity contribution in [3.63, 3.8) is 0 Å². The lowest BCUT2D eigenvalue weighted by molar-refractivity contribution is 0.0137. The lowest BCUT2D eigenvalue weighted by atomic mass is 9.98. The van der Waals surface area contributed by atoms with Crippen LogP contribution in [0.2, 0.25) is 0 Å². The summed E-state index contributed by atoms with van der Waals surface area (Å²) < 4.78 is 12.4. The zero-order valence-electron chi connectivity index (χ0n) is 22.8. The number of nitrogens with zero attached hydrogens (tertiary/aromatic N) is 1. The van der Waals surface area contributed by atoms with Gasteiger partial charge >= 0.3 is 12.2 Å². The van der Waals surface area contributed by atoms with E-state index in [0.29, 0.717) is 11.1 Å². The molecule has 5 rings (SSSR count). The molecule has 0 bridgehead atoms. The SMILES string of the molecule is CC(C)(C)OC(=O)n1ccc2cc(C(O)C(O)CCNC(=O)OCC3c4ccccc4-c4ccccc43)ccc21. The summed E-state index contributed by atoms with van der Waals surface area (Å²) in [5.74, 6) is -0.0364. The maximum Gasteiger partial charge on any atom is 0.418 e. The molecular weight excluding hydrogens is 508 g/mol. The van der Waals surface area contributed by atoms with E-state index < -0.39 is 30.0 Å². The number of rotatable bonds is 7. The van der Waals surface area contributed by atoms with Crippen molar-refractivity contribution < 1.29 is 29.3 Å². The Hall–Kier alpha value is -4.14. The Bertz CT molecular complexity index is 1490. The van der Waals surface area contributed by atoms with E-state index in [0.717, 1.165) is 27.6 Å². The number of carbonyl (C=O) groups excluding carboxylic acids is 2. The molecule has 1 amide bonds. The van der Waals surface area contributed by atoms with Gasteiger partial charge in [-0.3, -0.25) is 4.57 Å². The average Bonchev–Trinajstić information content (AvgIpc) is 3.49. The van der Waals surface area contributed by atoms with Gasteiger partial charge in [-0.05, 0) is 73.2 Å². The van der Waals surface area contributed by atoms with Gasteiger partial charge in [0.25, 0.3) is 0 Å². The van der Waals surface area contributed by atoms with Gasteiger partial charge in [-0.25, -0.2) is 9.59 Å². The van der Waals surface area contributed by atoms with Crippen molar-refractivity contribution in [2.24, 2.45) is 0 Å². The molecule has 0 radical (unpaired) electrons. The number of carbonyl (C=O) groups is 2. The van der Waals surface area contributed by atoms with E-state index in [1.807, 2.05) is 24.3 Å². The number of hydrogen-bond donors (Lipinski definition) is 3. The fourth-order valence-electron chi connectivity index (χ4n) is 5.17. The fraction of sp³-hybridized carbons (Fsp3) is 0.312. The average molecular weight is 543 g/mol. The number of alkyl carbamates (subject to hydrolysis) is 1. The first-order chi connectivity index (χ1) is 19.1. The monoisotopic (exact) mass is 542 g/mol. The molecule has 8 nitrogen and oxygen atoms in total. The van der Waals surface area contributed by atoms with Crippen LogP contribution in [-0.4, -0.2) is 51.8 Å². The van der Waals surface area contributed by atoms with E-state index >= 15 is 0 Å². The summed E-state index contributed by atoms with van der Waals surface area (Å²) in [4.78, 5) is 24.9. The third-order valence-electron chi connectivity index (χ3n) is 7.06. The molecule has 8 heteroatoms. The van der Waals surface area contributed by atoms with Crippen molar-refractivity contribution in [3.8, 4) is 11.1 Å². The summed E-state index contributed by atoms with van der Waals surface area (Å²) in [5, 5.41) is 24.7. The Morgan fingerprint density at radius 3 is 2.25 bits per heavy atom. The minimum Gasteiger partial charge on any atom is -0.449 e. The molecule has 1 aromatic heterocycles. The zero-order valence-corrected chi connectivity index (χ0v) is 22.8. The number of benzene rings is 3. The molecule has 4 aromatic rings. The standard InChI is InChI=1S/C32H34N2O6/c1-32(2,3)40-31(38)34-17-15-20-18-21(12-13-27(20)34)29(36)28(35)14-16-33-30(37)39-19-26-24-10-6-4-8-22(24)23-9-5-7-11-25(23)26/h4-13,15,17-18,26,28-29,35-36H,14,16,19H2,1-3H3,(H,33,37). The lowest BCUT2D eigenvalue weighted by Crippen LogP contribution is -2.30. The maximum absolute atomic E-state index is 12.5. The molecular formula is C32H34N2O6. The second-order valence-corrected chi connectivity index (χ2v) is 11.0. The third-order valence-corrected chi connectivity index (χ3v) is 7.06. The molecule has 1 aliphatic carbocycles. The highest BCUT2D eigenvalue weighted by Crippen LogP contribution is 2.44. The van der Waals surface area contributed by atoms with Crippen molar-refractivity contribution in [2.45, 2.75) is 50.9 Å². The highest BCUT2D eigenvalue weighted by molar-refractivity contribution is 5.90. The van der Waals surface area contributed by atoms with Gasteiger partial charge in [0.05, 0.1) is 11.6 Å². The number of aliphatic hydroxyl groups is 2. The van der Waals surface area contributed by atoms with Gasteiger partial charge in [0.15, 0.2) is 0 Å². The first kappa shape index (κ1) is 27.4. The highest BCUT2D eigenvalue weighted by Gasteiger charge is 2.29. The van der Waals surface area contributed by atoms with Crippen LogP contribution in [0.3, 0.4) is 0 Å². The smallest absolute Gasteiger partial charge is 0.418 e. The largest absolute Gasteiger partial charge is 0.449 e. The number of aromatic nitrogens is 1. The van der Waals surface area contributed by atoms with E-state index in [-0.39, 0.29) is 25.5 Å². The Morgan fingerprint density at radius 1 is 0.950 bits per heavy atom. The van der Waals surface area contributed by atoms with Crippen LogP contribution in [0, 0.1) is 0 Å². The predicted molar refractivity (Wildman–Crippen MR) is 152 cm³/mol. The van der Waals surface area contributed by atoms with Gasteiger partial charge in [0, 0.05) is 24.0 Å². The topological polar surface area (TPSA) is 110 Å². The summed E-state index contributed by atoms with van der Waals surface area (Å²) >= 11 is 0. The normalized spacial score (nSPS) is 14.3. The Labute approximate surface area is 233 Å². The second kappa shape index (κ2) is 11.2. The summed E-state index contributed by atoms with van der Waals surface area (Å²) in [6.07, 6.45) is -1.60. The number of hydrogen-bond acceptors (Lipinski definition) is 6. The number of amides is 1.